The first-order valence-corrected chi connectivity index (χ1v) is 8.23. The minimum atomic E-state index is -0.691. The second-order valence-corrected chi connectivity index (χ2v) is 6.11. The zero-order valence-electron chi connectivity index (χ0n) is 15.6. The van der Waals surface area contributed by atoms with Crippen LogP contribution in [0.5, 0.6) is 5.75 Å². The highest BCUT2D eigenvalue weighted by Crippen LogP contribution is 2.29. The van der Waals surface area contributed by atoms with Crippen LogP contribution in [-0.2, 0) is 7.05 Å². The highest BCUT2D eigenvalue weighted by Gasteiger charge is 2.17. The van der Waals surface area contributed by atoms with Gasteiger partial charge < -0.3 is 15.4 Å². The molecule has 0 saturated heterocycles. The van der Waals surface area contributed by atoms with Gasteiger partial charge in [0.15, 0.2) is 17.5 Å². The number of nitrogens with one attached hydrogen (secondary N) is 2. The Morgan fingerprint density at radius 3 is 2.54 bits per heavy atom. The molecule has 28 heavy (non-hydrogen) atoms. The molecule has 10 nitrogen and oxygen atoms in total. The third-order valence-electron chi connectivity index (χ3n) is 3.63. The Morgan fingerprint density at radius 2 is 1.93 bits per heavy atom. The molecule has 3 rings (SSSR count). The molecule has 2 aromatic heterocycles. The molecule has 2 N–H and O–H groups in total. The molecular weight excluding hydrogens is 374 g/mol. The van der Waals surface area contributed by atoms with Crippen LogP contribution in [0.25, 0.3) is 5.69 Å². The summed E-state index contributed by atoms with van der Waals surface area (Å²) in [6, 6.07) is 2.31. The van der Waals surface area contributed by atoms with Gasteiger partial charge >= 0.3 is 5.69 Å². The van der Waals surface area contributed by atoms with E-state index in [1.807, 2.05) is 13.8 Å². The van der Waals surface area contributed by atoms with E-state index in [0.717, 1.165) is 21.6 Å². The van der Waals surface area contributed by atoms with Gasteiger partial charge in [-0.15, -0.1) is 0 Å². The summed E-state index contributed by atoms with van der Waals surface area (Å²) in [6.07, 6.45) is 0.968. The first-order valence-electron chi connectivity index (χ1n) is 8.23. The van der Waals surface area contributed by atoms with Crippen molar-refractivity contribution >= 4 is 17.5 Å². The van der Waals surface area contributed by atoms with Crippen molar-refractivity contribution in [2.75, 3.05) is 17.7 Å². The average molecular weight is 392 g/mol. The number of aryl methyl sites for hydroxylation is 1. The number of nitrogens with zero attached hydrogens (tertiary/aromatic N) is 6. The molecule has 1 aromatic carbocycles. The quantitative estimate of drug-likeness (QED) is 0.651. The number of benzene rings is 1. The summed E-state index contributed by atoms with van der Waals surface area (Å²) in [5, 5.41) is 12.9. The molecule has 0 radical (unpaired) electrons. The maximum Gasteiger partial charge on any atom is 0.368 e. The molecule has 0 aliphatic carbocycles. The minimum absolute atomic E-state index is 0.0215. The topological polar surface area (TPSA) is 112 Å². The molecule has 0 fully saturated rings. The summed E-state index contributed by atoms with van der Waals surface area (Å²) in [4.78, 5) is 20.0. The van der Waals surface area contributed by atoms with Gasteiger partial charge in [0.25, 0.3) is 0 Å². The van der Waals surface area contributed by atoms with E-state index in [2.05, 4.69) is 31.0 Å². The van der Waals surface area contributed by atoms with Crippen LogP contribution in [0.15, 0.2) is 23.1 Å². The zero-order chi connectivity index (χ0) is 20.4. The van der Waals surface area contributed by atoms with Crippen LogP contribution >= 0.6 is 0 Å². The second-order valence-electron chi connectivity index (χ2n) is 6.11. The maximum absolute atomic E-state index is 14.5. The number of ether oxygens (including phenoxy) is 1. The van der Waals surface area contributed by atoms with Gasteiger partial charge in [0, 0.05) is 19.2 Å². The molecule has 0 aliphatic rings. The van der Waals surface area contributed by atoms with E-state index in [9.17, 15) is 13.6 Å². The van der Waals surface area contributed by atoms with Gasteiger partial charge in [-0.25, -0.2) is 18.6 Å². The molecule has 2 heterocycles. The van der Waals surface area contributed by atoms with Crippen LogP contribution in [0.3, 0.4) is 0 Å². The number of rotatable bonds is 6. The van der Waals surface area contributed by atoms with Gasteiger partial charge in [-0.2, -0.15) is 14.3 Å². The Balaban J connectivity index is 2.02. The van der Waals surface area contributed by atoms with Crippen LogP contribution < -0.4 is 21.1 Å². The van der Waals surface area contributed by atoms with Gasteiger partial charge in [-0.3, -0.25) is 0 Å². The number of aromatic nitrogens is 6. The predicted molar refractivity (Wildman–Crippen MR) is 97.1 cm³/mol. The van der Waals surface area contributed by atoms with Crippen molar-refractivity contribution in [3.63, 3.8) is 0 Å². The number of anilines is 3. The molecule has 0 unspecified atom stereocenters. The Hall–Kier alpha value is -3.57. The monoisotopic (exact) mass is 392 g/mol. The average Bonchev–Trinajstić information content (AvgIpc) is 2.97. The molecule has 0 amide bonds. The van der Waals surface area contributed by atoms with Gasteiger partial charge in [0.05, 0.1) is 19.0 Å². The number of tetrazole rings is 1. The van der Waals surface area contributed by atoms with E-state index in [1.54, 1.807) is 0 Å². The van der Waals surface area contributed by atoms with E-state index in [0.29, 0.717) is 0 Å². The lowest BCUT2D eigenvalue weighted by Crippen LogP contribution is -2.22. The van der Waals surface area contributed by atoms with Gasteiger partial charge in [0.1, 0.15) is 11.4 Å². The summed E-state index contributed by atoms with van der Waals surface area (Å²) in [5.74, 6) is -1.31. The molecule has 148 valence electrons. The van der Waals surface area contributed by atoms with Crippen molar-refractivity contribution in [1.29, 1.82) is 0 Å². The fourth-order valence-corrected chi connectivity index (χ4v) is 2.36. The lowest BCUT2D eigenvalue weighted by Gasteiger charge is -2.13. The fraction of sp³-hybridized carbons (Fsp3) is 0.312. The molecule has 12 heteroatoms. The fourth-order valence-electron chi connectivity index (χ4n) is 2.36. The van der Waals surface area contributed by atoms with Crippen molar-refractivity contribution in [2.24, 2.45) is 7.05 Å². The Labute approximate surface area is 158 Å². The molecule has 0 atom stereocenters. The number of methoxy groups -OCH3 is 1. The van der Waals surface area contributed by atoms with E-state index < -0.39 is 17.3 Å². The Kier molecular flexibility index (Phi) is 5.20. The number of hydrogen-bond donors (Lipinski definition) is 2. The largest absolute Gasteiger partial charge is 0.494 e. The summed E-state index contributed by atoms with van der Waals surface area (Å²) in [7, 11) is 2.76. The van der Waals surface area contributed by atoms with Crippen molar-refractivity contribution in [3.05, 3.63) is 40.4 Å². The lowest BCUT2D eigenvalue weighted by atomic mass is 10.2. The van der Waals surface area contributed by atoms with Crippen LogP contribution in [0, 0.1) is 11.6 Å². The standard InChI is InChI=1S/C16H18F2N8O2/c1-8(2)20-14-10(18)7-19-15(22-14)21-11-6-12(13(28-4)5-9(11)17)26-16(27)25(3)23-24-26/h5-8H,1-4H3,(H2,19,20,21,22). The normalized spacial score (nSPS) is 11.0. The van der Waals surface area contributed by atoms with Crippen LogP contribution in [0.1, 0.15) is 13.8 Å². The molecule has 3 aromatic rings. The Bertz CT molecular complexity index is 1060. The SMILES string of the molecule is COc1cc(F)c(Nc2ncc(F)c(NC(C)C)n2)cc1-n1nnn(C)c1=O. The maximum atomic E-state index is 14.5. The Morgan fingerprint density at radius 1 is 1.18 bits per heavy atom. The summed E-state index contributed by atoms with van der Waals surface area (Å²) in [5.41, 5.74) is -0.445. The summed E-state index contributed by atoms with van der Waals surface area (Å²) >= 11 is 0. The smallest absolute Gasteiger partial charge is 0.368 e. The van der Waals surface area contributed by atoms with Crippen LogP contribution in [-0.4, -0.2) is 42.9 Å². The van der Waals surface area contributed by atoms with Crippen molar-refractivity contribution in [1.82, 2.24) is 29.8 Å². The molecule has 0 bridgehead atoms. The lowest BCUT2D eigenvalue weighted by molar-refractivity contribution is 0.407. The molecule has 0 aliphatic heterocycles. The van der Waals surface area contributed by atoms with E-state index >= 15 is 0 Å². The molecular formula is C16H18F2N8O2. The highest BCUT2D eigenvalue weighted by atomic mass is 19.1. The third-order valence-corrected chi connectivity index (χ3v) is 3.63. The van der Waals surface area contributed by atoms with Crippen molar-refractivity contribution in [3.8, 4) is 11.4 Å². The van der Waals surface area contributed by atoms with E-state index in [1.165, 1.54) is 20.2 Å². The first kappa shape index (κ1) is 19.2. The van der Waals surface area contributed by atoms with Crippen LogP contribution in [0.4, 0.5) is 26.2 Å². The number of halogens is 2. The molecule has 0 saturated carbocycles. The van der Waals surface area contributed by atoms with Gasteiger partial charge in [-0.05, 0) is 30.3 Å². The van der Waals surface area contributed by atoms with Crippen molar-refractivity contribution in [2.45, 2.75) is 19.9 Å². The van der Waals surface area contributed by atoms with E-state index in [-0.39, 0.29) is 34.9 Å². The van der Waals surface area contributed by atoms with Gasteiger partial charge in [0.2, 0.25) is 5.95 Å². The summed E-state index contributed by atoms with van der Waals surface area (Å²) in [6.45, 7) is 3.64. The van der Waals surface area contributed by atoms with E-state index in [4.69, 9.17) is 4.74 Å². The predicted octanol–water partition coefficient (Wildman–Crippen LogP) is 1.61. The van der Waals surface area contributed by atoms with Gasteiger partial charge in [-0.1, -0.05) is 0 Å². The minimum Gasteiger partial charge on any atom is -0.494 e. The first-order chi connectivity index (χ1) is 13.3. The number of hydrogen-bond acceptors (Lipinski definition) is 8. The van der Waals surface area contributed by atoms with Crippen LogP contribution in [0.2, 0.25) is 0 Å². The second kappa shape index (κ2) is 7.58. The summed E-state index contributed by atoms with van der Waals surface area (Å²) < 4.78 is 35.4. The molecule has 0 spiro atoms. The third kappa shape index (κ3) is 3.75. The van der Waals surface area contributed by atoms with Crippen molar-refractivity contribution < 1.29 is 13.5 Å². The zero-order valence-corrected chi connectivity index (χ0v) is 15.6. The highest BCUT2D eigenvalue weighted by molar-refractivity contribution is 5.63.